The van der Waals surface area contributed by atoms with Crippen molar-refractivity contribution in [2.24, 2.45) is 29.6 Å². The van der Waals surface area contributed by atoms with Crippen molar-refractivity contribution in [2.75, 3.05) is 13.2 Å². The summed E-state index contributed by atoms with van der Waals surface area (Å²) in [6.45, 7) is 15.3. The molecule has 0 aromatic carbocycles. The third-order valence-electron chi connectivity index (χ3n) is 9.87. The first-order valence-electron chi connectivity index (χ1n) is 14.3. The van der Waals surface area contributed by atoms with Gasteiger partial charge in [0.15, 0.2) is 14.1 Å². The smallest absolute Gasteiger partial charge is 0.193 e. The van der Waals surface area contributed by atoms with Crippen LogP contribution in [-0.4, -0.2) is 44.6 Å². The molecule has 4 nitrogen and oxygen atoms in total. The van der Waals surface area contributed by atoms with Gasteiger partial charge in [0.2, 0.25) is 0 Å². The highest BCUT2D eigenvalue weighted by Gasteiger charge is 2.68. The van der Waals surface area contributed by atoms with Crippen LogP contribution in [0.2, 0.25) is 18.1 Å². The molecule has 0 aromatic rings. The Bertz CT molecular complexity index is 735. The summed E-state index contributed by atoms with van der Waals surface area (Å²) in [5.74, 6) is 8.58. The molecule has 4 rings (SSSR count). The highest BCUT2D eigenvalue weighted by molar-refractivity contribution is 6.74. The van der Waals surface area contributed by atoms with Crippen molar-refractivity contribution < 1.29 is 19.0 Å². The summed E-state index contributed by atoms with van der Waals surface area (Å²) in [4.78, 5) is 0. The molecule has 1 spiro atoms. The zero-order valence-electron chi connectivity index (χ0n) is 22.7. The number of ether oxygens (including phenoxy) is 2. The van der Waals surface area contributed by atoms with Crippen molar-refractivity contribution >= 4 is 8.32 Å². The Balaban J connectivity index is 1.59. The second-order valence-corrected chi connectivity index (χ2v) is 17.8. The molecular weight excluding hydrogens is 440 g/mol. The van der Waals surface area contributed by atoms with Gasteiger partial charge in [-0.3, -0.25) is 0 Å². The van der Waals surface area contributed by atoms with Crippen LogP contribution in [0.1, 0.15) is 91.9 Å². The lowest BCUT2D eigenvalue weighted by atomic mass is 9.49. The topological polar surface area (TPSA) is 47.9 Å². The summed E-state index contributed by atoms with van der Waals surface area (Å²) in [5, 5.41) is 11.3. The van der Waals surface area contributed by atoms with Crippen LogP contribution in [0.25, 0.3) is 0 Å². The Hall–Kier alpha value is -0.383. The number of hydrogen-bond acceptors (Lipinski definition) is 4. The van der Waals surface area contributed by atoms with Crippen LogP contribution in [0.5, 0.6) is 0 Å². The zero-order chi connectivity index (χ0) is 24.6. The van der Waals surface area contributed by atoms with E-state index in [0.29, 0.717) is 36.9 Å². The van der Waals surface area contributed by atoms with Gasteiger partial charge in [-0.25, -0.2) is 0 Å². The maximum atomic E-state index is 11.1. The third kappa shape index (κ3) is 5.05. The van der Waals surface area contributed by atoms with Crippen molar-refractivity contribution in [1.29, 1.82) is 0 Å². The Morgan fingerprint density at radius 3 is 2.35 bits per heavy atom. The van der Waals surface area contributed by atoms with Gasteiger partial charge >= 0.3 is 0 Å². The van der Waals surface area contributed by atoms with Gasteiger partial charge in [-0.1, -0.05) is 71.6 Å². The lowest BCUT2D eigenvalue weighted by molar-refractivity contribution is -0.341. The molecule has 0 bridgehead atoms. The molecule has 1 unspecified atom stereocenters. The summed E-state index contributed by atoms with van der Waals surface area (Å²) >= 11 is 0. The van der Waals surface area contributed by atoms with E-state index in [1.807, 2.05) is 0 Å². The molecule has 4 aliphatic rings. The Morgan fingerprint density at radius 2 is 1.74 bits per heavy atom. The average Bonchev–Trinajstić information content (AvgIpc) is 3.30. The standard InChI is InChI=1S/C29H50O4Si/c1-7-8-14-23-27-22(25(30)17-16-24(27)29(23)31-19-20-32-29)15-18-26(21-12-10-9-11-13-21)33-34(5,6)28(2,3)4/h21-27,30H,7-14,16-17,19-20H2,1-6H3/t22-,23?,24-,25+,26-,27-/m0/s1. The lowest BCUT2D eigenvalue weighted by Crippen LogP contribution is -2.67. The van der Waals surface area contributed by atoms with Crippen molar-refractivity contribution in [3.05, 3.63) is 0 Å². The van der Waals surface area contributed by atoms with E-state index in [0.717, 1.165) is 19.3 Å². The van der Waals surface area contributed by atoms with E-state index in [-0.39, 0.29) is 23.2 Å². The van der Waals surface area contributed by atoms with E-state index in [1.165, 1.54) is 44.9 Å². The summed E-state index contributed by atoms with van der Waals surface area (Å²) in [6.07, 6.45) is 11.2. The second-order valence-electron chi connectivity index (χ2n) is 13.0. The van der Waals surface area contributed by atoms with Gasteiger partial charge in [-0.15, -0.1) is 0 Å². The fourth-order valence-electron chi connectivity index (χ4n) is 6.89. The van der Waals surface area contributed by atoms with Crippen LogP contribution in [0, 0.1) is 41.4 Å². The molecule has 5 heteroatoms. The SMILES string of the molecule is CCCCC1[C@@H]2[C@@H](C#C[C@H](O[Si](C)(C)C(C)(C)C)C3CCCCC3)[C@H](O)CC[C@@H]2C12OCCO2. The van der Waals surface area contributed by atoms with Crippen LogP contribution in [0.15, 0.2) is 0 Å². The minimum atomic E-state index is -1.93. The van der Waals surface area contributed by atoms with Gasteiger partial charge in [-0.05, 0) is 62.1 Å². The van der Waals surface area contributed by atoms with Crippen molar-refractivity contribution in [3.63, 3.8) is 0 Å². The summed E-state index contributed by atoms with van der Waals surface area (Å²) in [6, 6.07) is 0. The van der Waals surface area contributed by atoms with Gasteiger partial charge in [0.25, 0.3) is 0 Å². The molecule has 0 amide bonds. The Kier molecular flexibility index (Phi) is 8.27. The van der Waals surface area contributed by atoms with E-state index in [1.54, 1.807) is 0 Å². The quantitative estimate of drug-likeness (QED) is 0.340. The molecule has 0 aromatic heterocycles. The van der Waals surface area contributed by atoms with Crippen molar-refractivity contribution in [3.8, 4) is 11.8 Å². The van der Waals surface area contributed by atoms with Crippen molar-refractivity contribution in [1.82, 2.24) is 0 Å². The lowest BCUT2D eigenvalue weighted by Gasteiger charge is -2.62. The van der Waals surface area contributed by atoms with E-state index < -0.39 is 14.1 Å². The first-order chi connectivity index (χ1) is 16.1. The van der Waals surface area contributed by atoms with E-state index in [2.05, 4.69) is 52.6 Å². The number of hydrogen-bond donors (Lipinski definition) is 1. The van der Waals surface area contributed by atoms with Gasteiger partial charge in [0, 0.05) is 11.8 Å². The molecule has 6 atom stereocenters. The summed E-state index contributed by atoms with van der Waals surface area (Å²) in [7, 11) is -1.93. The molecule has 3 aliphatic carbocycles. The molecule has 4 fully saturated rings. The van der Waals surface area contributed by atoms with Crippen LogP contribution in [0.4, 0.5) is 0 Å². The number of aliphatic hydroxyl groups is 1. The molecular formula is C29H50O4Si. The highest BCUT2D eigenvalue weighted by Crippen LogP contribution is 2.63. The number of fused-ring (bicyclic) bond motifs is 2. The molecule has 34 heavy (non-hydrogen) atoms. The minimum absolute atomic E-state index is 0.00382. The number of aliphatic hydroxyl groups excluding tert-OH is 1. The fourth-order valence-corrected chi connectivity index (χ4v) is 8.13. The first-order valence-corrected chi connectivity index (χ1v) is 17.2. The van der Waals surface area contributed by atoms with Crippen LogP contribution >= 0.6 is 0 Å². The maximum absolute atomic E-state index is 11.1. The van der Waals surface area contributed by atoms with Crippen molar-refractivity contribution in [2.45, 2.75) is 128 Å². The van der Waals surface area contributed by atoms with Gasteiger partial charge in [0.1, 0.15) is 6.10 Å². The molecule has 0 radical (unpaired) electrons. The van der Waals surface area contributed by atoms with Crippen LogP contribution < -0.4 is 0 Å². The Morgan fingerprint density at radius 1 is 1.06 bits per heavy atom. The predicted molar refractivity (Wildman–Crippen MR) is 140 cm³/mol. The van der Waals surface area contributed by atoms with E-state index >= 15 is 0 Å². The summed E-state index contributed by atoms with van der Waals surface area (Å²) < 4.78 is 19.6. The van der Waals surface area contributed by atoms with Gasteiger partial charge < -0.3 is 19.0 Å². The maximum Gasteiger partial charge on any atom is 0.193 e. The average molecular weight is 491 g/mol. The molecule has 1 aliphatic heterocycles. The molecule has 3 saturated carbocycles. The number of rotatable bonds is 6. The normalized spacial score (nSPS) is 34.7. The third-order valence-corrected chi connectivity index (χ3v) is 14.3. The monoisotopic (exact) mass is 490 g/mol. The molecule has 194 valence electrons. The Labute approximate surface area is 210 Å². The molecule has 1 N–H and O–H groups in total. The number of unbranched alkanes of at least 4 members (excludes halogenated alkanes) is 1. The molecule has 1 saturated heterocycles. The second kappa shape index (κ2) is 10.5. The van der Waals surface area contributed by atoms with Crippen LogP contribution in [0.3, 0.4) is 0 Å². The van der Waals surface area contributed by atoms with Crippen LogP contribution in [-0.2, 0) is 13.9 Å². The predicted octanol–water partition coefficient (Wildman–Crippen LogP) is 6.53. The fraction of sp³-hybridized carbons (Fsp3) is 0.931. The van der Waals surface area contributed by atoms with Gasteiger partial charge in [0.05, 0.1) is 25.2 Å². The van der Waals surface area contributed by atoms with E-state index in [9.17, 15) is 5.11 Å². The largest absolute Gasteiger partial charge is 0.403 e. The van der Waals surface area contributed by atoms with E-state index in [4.69, 9.17) is 13.9 Å². The summed E-state index contributed by atoms with van der Waals surface area (Å²) in [5.41, 5.74) is 0. The minimum Gasteiger partial charge on any atom is -0.403 e. The first kappa shape index (κ1) is 26.7. The van der Waals surface area contributed by atoms with Gasteiger partial charge in [-0.2, -0.15) is 0 Å². The zero-order valence-corrected chi connectivity index (χ0v) is 23.7. The highest BCUT2D eigenvalue weighted by atomic mass is 28.4. The molecule has 1 heterocycles.